The van der Waals surface area contributed by atoms with Crippen LogP contribution in [0.15, 0.2) is 48.5 Å². The fourth-order valence-electron chi connectivity index (χ4n) is 5.20. The van der Waals surface area contributed by atoms with Crippen molar-refractivity contribution in [3.05, 3.63) is 70.6 Å². The zero-order valence-corrected chi connectivity index (χ0v) is 18.5. The average molecular weight is 448 g/mol. The van der Waals surface area contributed by atoms with Crippen LogP contribution in [0.3, 0.4) is 0 Å². The molecule has 1 saturated heterocycles. The Hall–Kier alpha value is -3.36. The second-order valence-electron chi connectivity index (χ2n) is 8.82. The summed E-state index contributed by atoms with van der Waals surface area (Å²) in [4.78, 5) is 33.8. The van der Waals surface area contributed by atoms with Gasteiger partial charge in [-0.1, -0.05) is 50.1 Å². The second-order valence-corrected chi connectivity index (χ2v) is 8.82. The number of piperazine rings is 1. The number of H-pyrrole nitrogens is 1. The molecule has 8 heteroatoms. The Kier molecular flexibility index (Phi) is 5.55. The Balaban J connectivity index is 1.60. The number of benzene rings is 2. The van der Waals surface area contributed by atoms with Crippen LogP contribution in [0.5, 0.6) is 0 Å². The van der Waals surface area contributed by atoms with Gasteiger partial charge in [0.1, 0.15) is 6.04 Å². The van der Waals surface area contributed by atoms with Crippen molar-refractivity contribution in [2.45, 2.75) is 44.7 Å². The van der Waals surface area contributed by atoms with Crippen LogP contribution in [0.1, 0.15) is 49.0 Å². The molecule has 2 aromatic carbocycles. The molecule has 2 amide bonds. The van der Waals surface area contributed by atoms with Crippen molar-refractivity contribution in [1.82, 2.24) is 14.8 Å². The van der Waals surface area contributed by atoms with Gasteiger partial charge >= 0.3 is 0 Å². The lowest BCUT2D eigenvalue weighted by atomic mass is 9.86. The minimum atomic E-state index is -0.571. The highest BCUT2D eigenvalue weighted by Crippen LogP contribution is 2.42. The molecule has 3 heterocycles. The smallest absolute Gasteiger partial charge is 0.246 e. The summed E-state index contributed by atoms with van der Waals surface area (Å²) in [6.45, 7) is 2.79. The normalized spacial score (nSPS) is 20.2. The molecular weight excluding hydrogens is 420 g/mol. The number of aromatic amines is 1. The summed E-state index contributed by atoms with van der Waals surface area (Å²) in [5.41, 5.74) is 3.78. The van der Waals surface area contributed by atoms with E-state index in [0.717, 1.165) is 47.0 Å². The number of unbranched alkanes of at least 4 members (excludes halogenated alkanes) is 2. The first kappa shape index (κ1) is 21.5. The van der Waals surface area contributed by atoms with Crippen LogP contribution in [-0.2, 0) is 16.0 Å². The first-order valence-electron chi connectivity index (χ1n) is 11.4. The zero-order chi connectivity index (χ0) is 23.1. The molecule has 1 unspecified atom stereocenters. The number of carbonyl (C=O) groups excluding carboxylic acids is 2. The SMILES string of the molecule is CCCCCN1CC(=O)N2C(c3ccc(N([O-])O)cc3)c3[nH]c4ccccc4c3C[C@H]2C1=O. The lowest BCUT2D eigenvalue weighted by Gasteiger charge is -2.47. The van der Waals surface area contributed by atoms with Gasteiger partial charge in [0.25, 0.3) is 0 Å². The van der Waals surface area contributed by atoms with E-state index in [1.807, 2.05) is 24.3 Å². The number of amides is 2. The van der Waals surface area contributed by atoms with E-state index in [0.29, 0.717) is 13.0 Å². The zero-order valence-electron chi connectivity index (χ0n) is 18.5. The Bertz CT molecular complexity index is 1190. The minimum Gasteiger partial charge on any atom is -0.733 e. The fraction of sp³-hybridized carbons (Fsp3) is 0.360. The van der Waals surface area contributed by atoms with Crippen molar-refractivity contribution in [3.8, 4) is 0 Å². The Morgan fingerprint density at radius 3 is 2.61 bits per heavy atom. The van der Waals surface area contributed by atoms with E-state index in [2.05, 4.69) is 11.9 Å². The van der Waals surface area contributed by atoms with Crippen LogP contribution in [0, 0.1) is 5.21 Å². The molecule has 33 heavy (non-hydrogen) atoms. The van der Waals surface area contributed by atoms with Crippen molar-refractivity contribution in [2.24, 2.45) is 0 Å². The van der Waals surface area contributed by atoms with Gasteiger partial charge in [-0.25, -0.2) is 0 Å². The third-order valence-electron chi connectivity index (χ3n) is 6.80. The van der Waals surface area contributed by atoms with Gasteiger partial charge in [0.2, 0.25) is 11.8 Å². The monoisotopic (exact) mass is 447 g/mol. The number of nitrogens with one attached hydrogen (secondary N) is 1. The average Bonchev–Trinajstić information content (AvgIpc) is 3.19. The molecule has 0 saturated carbocycles. The van der Waals surface area contributed by atoms with E-state index >= 15 is 0 Å². The molecule has 1 fully saturated rings. The van der Waals surface area contributed by atoms with Crippen molar-refractivity contribution in [3.63, 3.8) is 0 Å². The van der Waals surface area contributed by atoms with Gasteiger partial charge in [-0.15, -0.1) is 0 Å². The molecule has 0 aliphatic carbocycles. The van der Waals surface area contributed by atoms with Gasteiger partial charge < -0.3 is 25.2 Å². The molecule has 172 valence electrons. The lowest BCUT2D eigenvalue weighted by Crippen LogP contribution is -2.63. The molecular formula is C25H27N4O4-. The third kappa shape index (κ3) is 3.65. The lowest BCUT2D eigenvalue weighted by molar-refractivity contribution is -0.158. The number of carbonyl (C=O) groups is 2. The van der Waals surface area contributed by atoms with Crippen LogP contribution < -0.4 is 5.23 Å². The summed E-state index contributed by atoms with van der Waals surface area (Å²) < 4.78 is 0. The van der Waals surface area contributed by atoms with E-state index < -0.39 is 12.1 Å². The van der Waals surface area contributed by atoms with Gasteiger partial charge in [-0.2, -0.15) is 0 Å². The molecule has 2 aliphatic heterocycles. The number of anilines is 1. The predicted octanol–water partition coefficient (Wildman–Crippen LogP) is 3.74. The van der Waals surface area contributed by atoms with Gasteiger partial charge in [-0.05, 0) is 35.7 Å². The molecule has 8 nitrogen and oxygen atoms in total. The van der Waals surface area contributed by atoms with E-state index in [9.17, 15) is 20.0 Å². The molecule has 2 aliphatic rings. The highest BCUT2D eigenvalue weighted by molar-refractivity contribution is 5.97. The van der Waals surface area contributed by atoms with E-state index in [-0.39, 0.29) is 29.3 Å². The van der Waals surface area contributed by atoms with Crippen molar-refractivity contribution < 1.29 is 14.8 Å². The van der Waals surface area contributed by atoms with Gasteiger partial charge in [0, 0.05) is 29.6 Å². The van der Waals surface area contributed by atoms with E-state index in [4.69, 9.17) is 0 Å². The van der Waals surface area contributed by atoms with Crippen molar-refractivity contribution in [1.29, 1.82) is 0 Å². The molecule has 5 rings (SSSR count). The summed E-state index contributed by atoms with van der Waals surface area (Å²) in [5, 5.41) is 21.3. The quantitative estimate of drug-likeness (QED) is 0.443. The maximum atomic E-state index is 13.5. The summed E-state index contributed by atoms with van der Waals surface area (Å²) in [6.07, 6.45) is 3.43. The summed E-state index contributed by atoms with van der Waals surface area (Å²) in [5.74, 6) is -0.0913. The molecule has 1 aromatic heterocycles. The highest BCUT2D eigenvalue weighted by atomic mass is 16.8. The number of aromatic nitrogens is 1. The number of hydrogen-bond acceptors (Lipinski definition) is 5. The number of rotatable bonds is 6. The molecule has 0 bridgehead atoms. The molecule has 2 N–H and O–H groups in total. The van der Waals surface area contributed by atoms with Gasteiger partial charge in [0.05, 0.1) is 18.3 Å². The maximum absolute atomic E-state index is 13.5. The van der Waals surface area contributed by atoms with Gasteiger partial charge in [0.15, 0.2) is 0 Å². The number of para-hydroxylation sites is 1. The number of hydrogen-bond donors (Lipinski definition) is 2. The summed E-state index contributed by atoms with van der Waals surface area (Å²) in [6, 6.07) is 13.4. The van der Waals surface area contributed by atoms with E-state index in [1.54, 1.807) is 21.9 Å². The topological polar surface area (TPSA) is 103 Å². The maximum Gasteiger partial charge on any atom is 0.246 e. The second kappa shape index (κ2) is 8.53. The van der Waals surface area contributed by atoms with Crippen LogP contribution in [-0.4, -0.2) is 50.9 Å². The molecule has 3 aromatic rings. The third-order valence-corrected chi connectivity index (χ3v) is 6.80. The molecule has 0 spiro atoms. The molecule has 2 atom stereocenters. The van der Waals surface area contributed by atoms with E-state index in [1.165, 1.54) is 12.1 Å². The highest BCUT2D eigenvalue weighted by Gasteiger charge is 2.48. The Morgan fingerprint density at radius 2 is 1.88 bits per heavy atom. The number of nitrogens with zero attached hydrogens (tertiary/aromatic N) is 3. The van der Waals surface area contributed by atoms with Crippen LogP contribution in [0.4, 0.5) is 5.69 Å². The first-order valence-corrected chi connectivity index (χ1v) is 11.4. The Morgan fingerprint density at radius 1 is 1.12 bits per heavy atom. The summed E-state index contributed by atoms with van der Waals surface area (Å²) >= 11 is 0. The van der Waals surface area contributed by atoms with Crippen LogP contribution >= 0.6 is 0 Å². The largest absolute Gasteiger partial charge is 0.733 e. The minimum absolute atomic E-state index is 0.00986. The number of fused-ring (bicyclic) bond motifs is 4. The standard InChI is InChI=1S/C25H27N4O4/c1-2-3-6-13-27-15-22(30)28-21(25(27)31)14-19-18-7-4-5-8-20(18)26-23(19)24(28)16-9-11-17(12-10-16)29(32)33/h4-5,7-12,21,24,26,32H,2-3,6,13-15H2,1H3/q-1/t21-,24?/m0/s1. The fourth-order valence-corrected chi connectivity index (χ4v) is 5.20. The van der Waals surface area contributed by atoms with Crippen molar-refractivity contribution in [2.75, 3.05) is 18.3 Å². The first-order chi connectivity index (χ1) is 16.0. The summed E-state index contributed by atoms with van der Waals surface area (Å²) in [7, 11) is 0. The van der Waals surface area contributed by atoms with Crippen molar-refractivity contribution >= 4 is 28.4 Å². The van der Waals surface area contributed by atoms with Crippen LogP contribution in [0.25, 0.3) is 10.9 Å². The predicted molar refractivity (Wildman–Crippen MR) is 125 cm³/mol. The van der Waals surface area contributed by atoms with Gasteiger partial charge in [-0.3, -0.25) is 14.8 Å². The molecule has 0 radical (unpaired) electrons. The Labute approximate surface area is 191 Å². The van der Waals surface area contributed by atoms with Crippen LogP contribution in [0.2, 0.25) is 0 Å².